The summed E-state index contributed by atoms with van der Waals surface area (Å²) in [6, 6.07) is 1.61. The van der Waals surface area contributed by atoms with E-state index in [1.807, 2.05) is 6.92 Å². The van der Waals surface area contributed by atoms with E-state index in [1.165, 1.54) is 0 Å². The molecule has 132 valence electrons. The van der Waals surface area contributed by atoms with Gasteiger partial charge in [-0.15, -0.1) is 0 Å². The minimum atomic E-state index is -3.15. The van der Waals surface area contributed by atoms with Gasteiger partial charge in [0.1, 0.15) is 5.76 Å². The van der Waals surface area contributed by atoms with Gasteiger partial charge in [0.15, 0.2) is 5.69 Å². The number of hydrogen-bond acceptors (Lipinski definition) is 5. The number of carbonyl (C=O) groups is 1. The summed E-state index contributed by atoms with van der Waals surface area (Å²) in [5, 5.41) is 6.65. The van der Waals surface area contributed by atoms with Gasteiger partial charge in [0, 0.05) is 30.6 Å². The third-order valence-electron chi connectivity index (χ3n) is 5.16. The highest BCUT2D eigenvalue weighted by Crippen LogP contribution is 2.40. The molecule has 1 N–H and O–H groups in total. The molecule has 0 aromatic carbocycles. The Morgan fingerprint density at radius 1 is 1.29 bits per heavy atom. The van der Waals surface area contributed by atoms with Crippen molar-refractivity contribution in [2.45, 2.75) is 68.7 Å². The van der Waals surface area contributed by atoms with Gasteiger partial charge in [0.05, 0.1) is 5.25 Å². The summed E-state index contributed by atoms with van der Waals surface area (Å²) in [4.78, 5) is 12.3. The molecule has 0 radical (unpaired) electrons. The summed E-state index contributed by atoms with van der Waals surface area (Å²) in [5.74, 6) is 0.982. The summed E-state index contributed by atoms with van der Waals surface area (Å²) in [7, 11) is -3.15. The number of amides is 1. The highest BCUT2D eigenvalue weighted by molar-refractivity contribution is 7.90. The third kappa shape index (κ3) is 3.09. The summed E-state index contributed by atoms with van der Waals surface area (Å²) in [5.41, 5.74) is 0.317. The van der Waals surface area contributed by atoms with Crippen molar-refractivity contribution in [2.75, 3.05) is 6.54 Å². The minimum absolute atomic E-state index is 0.0285. The smallest absolute Gasteiger partial charge is 0.273 e. The first-order chi connectivity index (χ1) is 11.4. The molecule has 2 heterocycles. The molecule has 2 atom stereocenters. The fourth-order valence-electron chi connectivity index (χ4n) is 3.43. The van der Waals surface area contributed by atoms with Crippen LogP contribution in [0.4, 0.5) is 0 Å². The highest BCUT2D eigenvalue weighted by Gasteiger charge is 2.43. The first kappa shape index (κ1) is 16.1. The predicted molar refractivity (Wildman–Crippen MR) is 87.1 cm³/mol. The van der Waals surface area contributed by atoms with Crippen LogP contribution in [-0.2, 0) is 10.0 Å². The topological polar surface area (TPSA) is 92.5 Å². The maximum absolute atomic E-state index is 12.4. The quantitative estimate of drug-likeness (QED) is 0.868. The van der Waals surface area contributed by atoms with E-state index in [9.17, 15) is 13.2 Å². The summed E-state index contributed by atoms with van der Waals surface area (Å²) < 4.78 is 31.6. The Kier molecular flexibility index (Phi) is 3.91. The summed E-state index contributed by atoms with van der Waals surface area (Å²) in [6.45, 7) is 2.39. The summed E-state index contributed by atoms with van der Waals surface area (Å²) in [6.07, 6.45) is 5.02. The molecule has 0 bridgehead atoms. The van der Waals surface area contributed by atoms with Crippen LogP contribution in [0.3, 0.4) is 0 Å². The molecule has 8 heteroatoms. The predicted octanol–water partition coefficient (Wildman–Crippen LogP) is 1.63. The van der Waals surface area contributed by atoms with Gasteiger partial charge in [-0.1, -0.05) is 5.16 Å². The first-order valence-electron chi connectivity index (χ1n) is 8.73. The van der Waals surface area contributed by atoms with E-state index < -0.39 is 10.0 Å². The van der Waals surface area contributed by atoms with Gasteiger partial charge in [-0.2, -0.15) is 4.31 Å². The molecular formula is C16H23N3O4S. The maximum Gasteiger partial charge on any atom is 0.273 e. The van der Waals surface area contributed by atoms with E-state index in [0.29, 0.717) is 31.0 Å². The average Bonchev–Trinajstić information content (AvgIpc) is 3.45. The van der Waals surface area contributed by atoms with Crippen molar-refractivity contribution in [1.29, 1.82) is 0 Å². The molecule has 3 fully saturated rings. The second kappa shape index (κ2) is 5.84. The van der Waals surface area contributed by atoms with Crippen molar-refractivity contribution >= 4 is 15.9 Å². The van der Waals surface area contributed by atoms with E-state index in [4.69, 9.17) is 4.52 Å². The number of rotatable bonds is 5. The monoisotopic (exact) mass is 353 g/mol. The largest absolute Gasteiger partial charge is 0.360 e. The number of hydrogen-bond donors (Lipinski definition) is 1. The van der Waals surface area contributed by atoms with E-state index in [0.717, 1.165) is 31.4 Å². The van der Waals surface area contributed by atoms with Crippen molar-refractivity contribution in [1.82, 2.24) is 14.8 Å². The lowest BCUT2D eigenvalue weighted by Gasteiger charge is -2.36. The molecule has 1 saturated heterocycles. The molecule has 1 aliphatic heterocycles. The Bertz CT molecular complexity index is 736. The summed E-state index contributed by atoms with van der Waals surface area (Å²) >= 11 is 0. The van der Waals surface area contributed by atoms with E-state index in [1.54, 1.807) is 10.4 Å². The van der Waals surface area contributed by atoms with Crippen LogP contribution in [0.2, 0.25) is 0 Å². The molecular weight excluding hydrogens is 330 g/mol. The molecule has 1 aromatic rings. The van der Waals surface area contributed by atoms with Crippen molar-refractivity contribution in [3.63, 3.8) is 0 Å². The van der Waals surface area contributed by atoms with Gasteiger partial charge < -0.3 is 9.84 Å². The third-order valence-corrected chi connectivity index (χ3v) is 7.67. The number of sulfonamides is 1. The number of nitrogens with one attached hydrogen (secondary N) is 1. The Labute approximate surface area is 141 Å². The minimum Gasteiger partial charge on any atom is -0.360 e. The number of aromatic nitrogens is 1. The molecule has 2 aliphatic carbocycles. The van der Waals surface area contributed by atoms with E-state index >= 15 is 0 Å². The van der Waals surface area contributed by atoms with Crippen LogP contribution in [0, 0.1) is 0 Å². The zero-order valence-electron chi connectivity index (χ0n) is 13.8. The van der Waals surface area contributed by atoms with Crippen LogP contribution in [0.5, 0.6) is 0 Å². The van der Waals surface area contributed by atoms with E-state index in [2.05, 4.69) is 10.5 Å². The first-order valence-corrected chi connectivity index (χ1v) is 10.2. The molecule has 0 spiro atoms. The lowest BCUT2D eigenvalue weighted by Crippen LogP contribution is -2.51. The van der Waals surface area contributed by atoms with Crippen LogP contribution in [0.1, 0.15) is 67.6 Å². The fourth-order valence-corrected chi connectivity index (χ4v) is 5.50. The Morgan fingerprint density at radius 3 is 2.67 bits per heavy atom. The molecule has 2 saturated carbocycles. The molecule has 7 nitrogen and oxygen atoms in total. The fraction of sp³-hybridized carbons (Fsp3) is 0.750. The van der Waals surface area contributed by atoms with Crippen molar-refractivity contribution in [3.05, 3.63) is 17.5 Å². The van der Waals surface area contributed by atoms with Gasteiger partial charge >= 0.3 is 0 Å². The molecule has 4 rings (SSSR count). The molecule has 24 heavy (non-hydrogen) atoms. The number of piperidine rings is 1. The van der Waals surface area contributed by atoms with Gasteiger partial charge in [-0.25, -0.2) is 8.42 Å². The van der Waals surface area contributed by atoms with Gasteiger partial charge in [-0.05, 0) is 45.4 Å². The van der Waals surface area contributed by atoms with Crippen LogP contribution < -0.4 is 5.32 Å². The SMILES string of the molecule is C[C@H]1C[C@@H](NC(=O)c2cc(C3CC3)on2)CCN1S(=O)(=O)C1CC1. The zero-order valence-corrected chi connectivity index (χ0v) is 14.6. The Hall–Kier alpha value is -1.41. The second-order valence-electron chi connectivity index (χ2n) is 7.29. The Balaban J connectivity index is 1.35. The Morgan fingerprint density at radius 2 is 2.04 bits per heavy atom. The van der Waals surface area contributed by atoms with Gasteiger partial charge in [0.2, 0.25) is 10.0 Å². The molecule has 3 aliphatic rings. The van der Waals surface area contributed by atoms with Crippen LogP contribution >= 0.6 is 0 Å². The normalized spacial score (nSPS) is 28.7. The lowest BCUT2D eigenvalue weighted by atomic mass is 10.0. The van der Waals surface area contributed by atoms with Crippen LogP contribution in [0.25, 0.3) is 0 Å². The maximum atomic E-state index is 12.4. The molecule has 1 amide bonds. The van der Waals surface area contributed by atoms with Crippen LogP contribution in [0.15, 0.2) is 10.6 Å². The van der Waals surface area contributed by atoms with Gasteiger partial charge in [0.25, 0.3) is 5.91 Å². The van der Waals surface area contributed by atoms with Crippen LogP contribution in [-0.4, -0.2) is 47.7 Å². The zero-order chi connectivity index (χ0) is 16.9. The van der Waals surface area contributed by atoms with Crippen molar-refractivity contribution in [3.8, 4) is 0 Å². The van der Waals surface area contributed by atoms with E-state index in [-0.39, 0.29) is 23.2 Å². The molecule has 0 unspecified atom stereocenters. The van der Waals surface area contributed by atoms with Gasteiger partial charge in [-0.3, -0.25) is 4.79 Å². The average molecular weight is 353 g/mol. The molecule has 1 aromatic heterocycles. The van der Waals surface area contributed by atoms with Crippen molar-refractivity contribution < 1.29 is 17.7 Å². The second-order valence-corrected chi connectivity index (χ2v) is 9.45. The number of carbonyl (C=O) groups excluding carboxylic acids is 1. The highest BCUT2D eigenvalue weighted by atomic mass is 32.2. The standard InChI is InChI=1S/C16H23N3O4S/c1-10-8-12(6-7-19(10)24(21,22)13-4-5-13)17-16(20)14-9-15(23-18-14)11-2-3-11/h9-13H,2-8H2,1H3,(H,17,20)/t10-,12-/m0/s1. The van der Waals surface area contributed by atoms with Crippen molar-refractivity contribution in [2.24, 2.45) is 0 Å². The number of nitrogens with zero attached hydrogens (tertiary/aromatic N) is 2. The lowest BCUT2D eigenvalue weighted by molar-refractivity contribution is 0.0905.